The highest BCUT2D eigenvalue weighted by molar-refractivity contribution is 6.03. The molecular weight excluding hydrogens is 392 g/mol. The Morgan fingerprint density at radius 2 is 1.62 bits per heavy atom. The molecule has 0 spiro atoms. The van der Waals surface area contributed by atoms with Gasteiger partial charge in [0.05, 0.1) is 5.52 Å². The molecule has 4 aromatic rings. The number of fused-ring (bicyclic) bond motifs is 3. The number of nitrogens with zero attached hydrogens (tertiary/aromatic N) is 1. The van der Waals surface area contributed by atoms with Gasteiger partial charge in [-0.2, -0.15) is 0 Å². The third kappa shape index (κ3) is 3.04. The Bertz CT molecular complexity index is 1380. The molecule has 1 aliphatic carbocycles. The first-order chi connectivity index (χ1) is 15.7. The fraction of sp³-hybridized carbons (Fsp3) is 0.172. The summed E-state index contributed by atoms with van der Waals surface area (Å²) in [5, 5.41) is 4.72. The van der Waals surface area contributed by atoms with E-state index < -0.39 is 0 Å². The molecule has 0 amide bonds. The lowest BCUT2D eigenvalue weighted by atomic mass is 9.74. The number of aryl methyl sites for hydroxylation is 1. The van der Waals surface area contributed by atoms with Crippen LogP contribution in [0.25, 0.3) is 22.0 Å². The molecule has 0 bridgehead atoms. The van der Waals surface area contributed by atoms with Gasteiger partial charge in [0, 0.05) is 40.4 Å². The minimum atomic E-state index is -0.0768. The quantitative estimate of drug-likeness (QED) is 0.392. The molecule has 1 N–H and O–H groups in total. The summed E-state index contributed by atoms with van der Waals surface area (Å²) in [4.78, 5) is 17.9. The number of hydrogen-bond donors (Lipinski definition) is 1. The maximum atomic E-state index is 13.2. The van der Waals surface area contributed by atoms with Crippen molar-refractivity contribution in [1.82, 2.24) is 4.98 Å². The predicted molar refractivity (Wildman–Crippen MR) is 130 cm³/mol. The summed E-state index contributed by atoms with van der Waals surface area (Å²) in [6, 6.07) is 27.6. The lowest BCUT2D eigenvalue weighted by Gasteiger charge is -2.35. The lowest BCUT2D eigenvalue weighted by Crippen LogP contribution is -2.27. The first-order valence-corrected chi connectivity index (χ1v) is 11.3. The van der Waals surface area contributed by atoms with E-state index in [2.05, 4.69) is 78.1 Å². The molecule has 0 saturated heterocycles. The lowest BCUT2D eigenvalue weighted by molar-refractivity contribution is -0.116. The first-order valence-electron chi connectivity index (χ1n) is 11.3. The number of Topliss-reactive ketones (excluding diaryl/α,β-unsaturated/α-hetero) is 1. The van der Waals surface area contributed by atoms with Crippen molar-refractivity contribution in [3.63, 3.8) is 0 Å². The monoisotopic (exact) mass is 416 g/mol. The van der Waals surface area contributed by atoms with Crippen LogP contribution in [-0.4, -0.2) is 10.8 Å². The predicted octanol–water partition coefficient (Wildman–Crippen LogP) is 6.77. The van der Waals surface area contributed by atoms with Crippen LogP contribution in [0.5, 0.6) is 0 Å². The zero-order valence-corrected chi connectivity index (χ0v) is 18.1. The van der Waals surface area contributed by atoms with Crippen LogP contribution in [0.15, 0.2) is 90.1 Å². The summed E-state index contributed by atoms with van der Waals surface area (Å²) in [5.41, 5.74) is 9.79. The van der Waals surface area contributed by atoms with Crippen molar-refractivity contribution in [2.75, 3.05) is 5.32 Å². The highest BCUT2D eigenvalue weighted by atomic mass is 16.1. The minimum absolute atomic E-state index is 0.0768. The molecule has 1 aromatic heterocycles. The molecule has 0 unspecified atom stereocenters. The second-order valence-corrected chi connectivity index (χ2v) is 8.76. The third-order valence-electron chi connectivity index (χ3n) is 6.72. The van der Waals surface area contributed by atoms with E-state index in [1.165, 1.54) is 11.1 Å². The molecule has 0 saturated carbocycles. The Kier molecular flexibility index (Phi) is 4.43. The zero-order valence-electron chi connectivity index (χ0n) is 18.1. The average Bonchev–Trinajstić information content (AvgIpc) is 2.83. The Labute approximate surface area is 187 Å². The smallest absolute Gasteiger partial charge is 0.161 e. The van der Waals surface area contributed by atoms with E-state index in [-0.39, 0.29) is 11.7 Å². The van der Waals surface area contributed by atoms with Crippen LogP contribution < -0.4 is 5.32 Å². The van der Waals surface area contributed by atoms with E-state index in [1.807, 2.05) is 13.0 Å². The van der Waals surface area contributed by atoms with Crippen LogP contribution in [0, 0.1) is 6.92 Å². The number of hydrogen-bond acceptors (Lipinski definition) is 3. The summed E-state index contributed by atoms with van der Waals surface area (Å²) in [6.45, 7) is 2.02. The van der Waals surface area contributed by atoms with Crippen molar-refractivity contribution < 1.29 is 4.79 Å². The number of allylic oxidation sites excluding steroid dienone is 2. The number of ketones is 1. The van der Waals surface area contributed by atoms with Gasteiger partial charge in [-0.3, -0.25) is 9.78 Å². The van der Waals surface area contributed by atoms with Crippen molar-refractivity contribution in [2.45, 2.75) is 32.1 Å². The minimum Gasteiger partial charge on any atom is -0.358 e. The van der Waals surface area contributed by atoms with Gasteiger partial charge in [0.25, 0.3) is 0 Å². The Morgan fingerprint density at radius 1 is 0.844 bits per heavy atom. The van der Waals surface area contributed by atoms with Crippen LogP contribution >= 0.6 is 0 Å². The summed E-state index contributed by atoms with van der Waals surface area (Å²) >= 11 is 0. The van der Waals surface area contributed by atoms with E-state index in [0.717, 1.165) is 57.5 Å². The largest absolute Gasteiger partial charge is 0.358 e. The Balaban J connectivity index is 1.56. The van der Waals surface area contributed by atoms with Crippen LogP contribution in [0.1, 0.15) is 42.0 Å². The van der Waals surface area contributed by atoms with Crippen LogP contribution in [0.2, 0.25) is 0 Å². The third-order valence-corrected chi connectivity index (χ3v) is 6.72. The Morgan fingerprint density at radius 3 is 2.44 bits per heavy atom. The van der Waals surface area contributed by atoms with Crippen LogP contribution in [0.4, 0.5) is 5.69 Å². The fourth-order valence-electron chi connectivity index (χ4n) is 5.22. The number of rotatable bonds is 2. The van der Waals surface area contributed by atoms with Gasteiger partial charge in [-0.25, -0.2) is 0 Å². The number of carbonyl (C=O) groups is 1. The molecule has 0 radical (unpaired) electrons. The van der Waals surface area contributed by atoms with Gasteiger partial charge in [0.1, 0.15) is 0 Å². The second kappa shape index (κ2) is 7.45. The van der Waals surface area contributed by atoms with Crippen molar-refractivity contribution in [3.05, 3.63) is 107 Å². The van der Waals surface area contributed by atoms with E-state index in [1.54, 1.807) is 0 Å². The van der Waals surface area contributed by atoms with E-state index in [0.29, 0.717) is 6.42 Å². The molecule has 3 aromatic carbocycles. The summed E-state index contributed by atoms with van der Waals surface area (Å²) in [6.07, 6.45) is 2.45. The zero-order chi connectivity index (χ0) is 21.7. The highest BCUT2D eigenvalue weighted by Gasteiger charge is 2.36. The van der Waals surface area contributed by atoms with Crippen molar-refractivity contribution in [3.8, 4) is 11.1 Å². The summed E-state index contributed by atoms with van der Waals surface area (Å²) in [5.74, 6) is 0.186. The Hall–Kier alpha value is -3.72. The van der Waals surface area contributed by atoms with Gasteiger partial charge in [-0.1, -0.05) is 60.7 Å². The molecule has 3 heteroatoms. The normalized spacial score (nSPS) is 17.7. The topological polar surface area (TPSA) is 42.0 Å². The summed E-state index contributed by atoms with van der Waals surface area (Å²) < 4.78 is 0. The van der Waals surface area contributed by atoms with Crippen LogP contribution in [0.3, 0.4) is 0 Å². The van der Waals surface area contributed by atoms with Crippen molar-refractivity contribution in [1.29, 1.82) is 0 Å². The number of pyridine rings is 1. The molecular formula is C29H24N2O. The number of nitrogens with one attached hydrogen (secondary N) is 1. The number of aromatic nitrogens is 1. The summed E-state index contributed by atoms with van der Waals surface area (Å²) in [7, 11) is 0. The molecule has 1 atom stereocenters. The molecule has 156 valence electrons. The molecule has 2 heterocycles. The van der Waals surface area contributed by atoms with Gasteiger partial charge in [-0.05, 0) is 60.2 Å². The van der Waals surface area contributed by atoms with E-state index in [4.69, 9.17) is 4.98 Å². The molecule has 32 heavy (non-hydrogen) atoms. The maximum Gasteiger partial charge on any atom is 0.161 e. The number of benzene rings is 3. The van der Waals surface area contributed by atoms with Gasteiger partial charge in [-0.15, -0.1) is 0 Å². The van der Waals surface area contributed by atoms with Crippen LogP contribution in [-0.2, 0) is 4.79 Å². The first kappa shape index (κ1) is 19.0. The molecule has 6 rings (SSSR count). The van der Waals surface area contributed by atoms with E-state index >= 15 is 0 Å². The van der Waals surface area contributed by atoms with Gasteiger partial charge in [0.2, 0.25) is 0 Å². The average molecular weight is 417 g/mol. The highest BCUT2D eigenvalue weighted by Crippen LogP contribution is 2.48. The standard InChI is InChI=1S/C29H24N2O/c1-18-10-15-22-23(30-18)16-17-25-28(22)27(29-24(31-25)8-5-9-26(29)32)21-13-11-20(12-14-21)19-6-3-2-4-7-19/h2-4,6-7,10-17,27,31H,5,8-9H2,1H3/t27-/m0/s1. The maximum absolute atomic E-state index is 13.2. The number of anilines is 1. The molecule has 1 aliphatic heterocycles. The molecule has 3 nitrogen and oxygen atoms in total. The van der Waals surface area contributed by atoms with Gasteiger partial charge < -0.3 is 5.32 Å². The van der Waals surface area contributed by atoms with E-state index in [9.17, 15) is 4.79 Å². The fourth-order valence-corrected chi connectivity index (χ4v) is 5.22. The van der Waals surface area contributed by atoms with Crippen molar-refractivity contribution >= 4 is 22.4 Å². The SMILES string of the molecule is Cc1ccc2c3c(ccc2n1)NC1=C(C(=O)CCC1)[C@H]3c1ccc(-c2ccccc2)cc1. The molecule has 0 fully saturated rings. The van der Waals surface area contributed by atoms with Gasteiger partial charge in [0.15, 0.2) is 5.78 Å². The van der Waals surface area contributed by atoms with Crippen molar-refractivity contribution in [2.24, 2.45) is 0 Å². The van der Waals surface area contributed by atoms with Gasteiger partial charge >= 0.3 is 0 Å². The number of carbonyl (C=O) groups excluding carboxylic acids is 1. The second-order valence-electron chi connectivity index (χ2n) is 8.76. The molecule has 2 aliphatic rings.